The van der Waals surface area contributed by atoms with E-state index in [1.807, 2.05) is 5.32 Å². The van der Waals surface area contributed by atoms with Gasteiger partial charge in [-0.3, -0.25) is 9.59 Å². The van der Waals surface area contributed by atoms with Gasteiger partial charge in [-0.25, -0.2) is 9.97 Å². The van der Waals surface area contributed by atoms with Crippen LogP contribution >= 0.6 is 11.3 Å². The minimum Gasteiger partial charge on any atom is -0.356 e. The third-order valence-electron chi connectivity index (χ3n) is 6.39. The van der Waals surface area contributed by atoms with Gasteiger partial charge in [0, 0.05) is 30.4 Å². The van der Waals surface area contributed by atoms with Gasteiger partial charge < -0.3 is 15.1 Å². The van der Waals surface area contributed by atoms with Crippen LogP contribution in [0.15, 0.2) is 6.33 Å². The van der Waals surface area contributed by atoms with E-state index in [0.717, 1.165) is 16.0 Å². The van der Waals surface area contributed by atoms with E-state index in [0.29, 0.717) is 45.3 Å². The Balaban J connectivity index is 1.40. The first-order valence-electron chi connectivity index (χ1n) is 10.8. The van der Waals surface area contributed by atoms with E-state index in [1.54, 1.807) is 17.7 Å². The van der Waals surface area contributed by atoms with Crippen LogP contribution in [0, 0.1) is 19.8 Å². The van der Waals surface area contributed by atoms with Crippen LogP contribution in [0.25, 0.3) is 10.2 Å². The second kappa shape index (κ2) is 8.84. The largest absolute Gasteiger partial charge is 0.405 e. The number of aryl methyl sites for hydroxylation is 2. The number of hydrogen-bond donors (Lipinski definition) is 1. The molecule has 2 fully saturated rings. The maximum atomic E-state index is 13.1. The van der Waals surface area contributed by atoms with Crippen molar-refractivity contribution in [2.75, 3.05) is 31.1 Å². The SMILES string of the molecule is Cc1sc2ncnc(N3CCC(C(=O)N4CCCC4C(=O)NCC(F)(F)F)CC3)c2c1C. The lowest BCUT2D eigenvalue weighted by Crippen LogP contribution is -2.50. The van der Waals surface area contributed by atoms with Gasteiger partial charge in [-0.15, -0.1) is 11.3 Å². The van der Waals surface area contributed by atoms with Crippen LogP contribution in [0.5, 0.6) is 0 Å². The average molecular weight is 470 g/mol. The van der Waals surface area contributed by atoms with Crippen LogP contribution in [-0.2, 0) is 9.59 Å². The third kappa shape index (κ3) is 4.53. The van der Waals surface area contributed by atoms with Crippen molar-refractivity contribution in [2.24, 2.45) is 5.92 Å². The maximum Gasteiger partial charge on any atom is 0.405 e. The molecule has 2 amide bonds. The minimum absolute atomic E-state index is 0.135. The summed E-state index contributed by atoms with van der Waals surface area (Å²) in [5.74, 6) is -0.222. The molecule has 0 aromatic carbocycles. The number of amides is 2. The van der Waals surface area contributed by atoms with Crippen LogP contribution in [0.4, 0.5) is 19.0 Å². The third-order valence-corrected chi connectivity index (χ3v) is 7.51. The van der Waals surface area contributed by atoms with E-state index >= 15 is 0 Å². The quantitative estimate of drug-likeness (QED) is 0.744. The number of hydrogen-bond acceptors (Lipinski definition) is 6. The number of carbonyl (C=O) groups is 2. The summed E-state index contributed by atoms with van der Waals surface area (Å²) in [5, 5.41) is 2.98. The molecule has 0 spiro atoms. The number of alkyl halides is 3. The Kier molecular flexibility index (Phi) is 6.28. The van der Waals surface area contributed by atoms with Crippen LogP contribution in [0.3, 0.4) is 0 Å². The van der Waals surface area contributed by atoms with E-state index in [-0.39, 0.29) is 11.8 Å². The van der Waals surface area contributed by atoms with Gasteiger partial charge in [0.05, 0.1) is 5.39 Å². The molecule has 32 heavy (non-hydrogen) atoms. The van der Waals surface area contributed by atoms with Gasteiger partial charge in [0.15, 0.2) is 0 Å². The van der Waals surface area contributed by atoms with Gasteiger partial charge in [0.1, 0.15) is 29.6 Å². The number of fused-ring (bicyclic) bond motifs is 1. The number of rotatable bonds is 4. The molecule has 11 heteroatoms. The fraction of sp³-hybridized carbons (Fsp3) is 0.619. The molecule has 2 aliphatic rings. The van der Waals surface area contributed by atoms with Crippen molar-refractivity contribution in [2.45, 2.75) is 51.7 Å². The van der Waals surface area contributed by atoms with Gasteiger partial charge >= 0.3 is 6.18 Å². The molecule has 1 N–H and O–H groups in total. The fourth-order valence-corrected chi connectivity index (χ4v) is 5.58. The first-order valence-corrected chi connectivity index (χ1v) is 11.6. The summed E-state index contributed by atoms with van der Waals surface area (Å²) in [5.41, 5.74) is 1.17. The van der Waals surface area contributed by atoms with Crippen molar-refractivity contribution >= 4 is 39.2 Å². The summed E-state index contributed by atoms with van der Waals surface area (Å²) in [6.07, 6.45) is -0.672. The molecule has 2 aromatic rings. The molecular weight excluding hydrogens is 443 g/mol. The lowest BCUT2D eigenvalue weighted by atomic mass is 9.94. The number of carbonyl (C=O) groups excluding carboxylic acids is 2. The highest BCUT2D eigenvalue weighted by molar-refractivity contribution is 7.18. The Hall–Kier alpha value is -2.43. The monoisotopic (exact) mass is 469 g/mol. The van der Waals surface area contributed by atoms with Crippen molar-refractivity contribution < 1.29 is 22.8 Å². The summed E-state index contributed by atoms with van der Waals surface area (Å²) < 4.78 is 37.3. The highest BCUT2D eigenvalue weighted by Gasteiger charge is 2.39. The number of thiophene rings is 1. The molecule has 1 unspecified atom stereocenters. The summed E-state index contributed by atoms with van der Waals surface area (Å²) >= 11 is 1.64. The first-order chi connectivity index (χ1) is 15.2. The predicted molar refractivity (Wildman–Crippen MR) is 116 cm³/mol. The Morgan fingerprint density at radius 3 is 2.56 bits per heavy atom. The zero-order valence-corrected chi connectivity index (χ0v) is 18.9. The van der Waals surface area contributed by atoms with E-state index < -0.39 is 24.7 Å². The van der Waals surface area contributed by atoms with E-state index in [1.165, 1.54) is 15.3 Å². The molecule has 4 rings (SSSR count). The number of piperidine rings is 1. The van der Waals surface area contributed by atoms with E-state index in [9.17, 15) is 22.8 Å². The van der Waals surface area contributed by atoms with Gasteiger partial charge in [0.2, 0.25) is 11.8 Å². The van der Waals surface area contributed by atoms with Crippen LogP contribution < -0.4 is 10.2 Å². The van der Waals surface area contributed by atoms with Crippen molar-refractivity contribution in [3.05, 3.63) is 16.8 Å². The smallest absolute Gasteiger partial charge is 0.356 e. The lowest BCUT2D eigenvalue weighted by Gasteiger charge is -2.35. The summed E-state index contributed by atoms with van der Waals surface area (Å²) in [6.45, 7) is 4.45. The zero-order valence-electron chi connectivity index (χ0n) is 18.0. The normalized spacial score (nSPS) is 20.2. The van der Waals surface area contributed by atoms with E-state index in [4.69, 9.17) is 0 Å². The molecule has 7 nitrogen and oxygen atoms in total. The number of nitrogens with one attached hydrogen (secondary N) is 1. The summed E-state index contributed by atoms with van der Waals surface area (Å²) in [7, 11) is 0. The summed E-state index contributed by atoms with van der Waals surface area (Å²) in [6, 6.07) is -0.819. The highest BCUT2D eigenvalue weighted by Crippen LogP contribution is 2.36. The topological polar surface area (TPSA) is 78.4 Å². The Morgan fingerprint density at radius 2 is 1.88 bits per heavy atom. The second-order valence-corrected chi connectivity index (χ2v) is 9.65. The van der Waals surface area contributed by atoms with E-state index in [2.05, 4.69) is 28.7 Å². The van der Waals surface area contributed by atoms with Gasteiger partial charge in [-0.2, -0.15) is 13.2 Å². The molecule has 0 radical (unpaired) electrons. The molecule has 1 atom stereocenters. The number of halogens is 3. The highest BCUT2D eigenvalue weighted by atomic mass is 32.1. The number of anilines is 1. The Bertz CT molecular complexity index is 1020. The zero-order chi connectivity index (χ0) is 23.0. The molecule has 2 aliphatic heterocycles. The standard InChI is InChI=1S/C21H26F3N5O2S/c1-12-13(2)32-19-16(12)17(26-11-27-19)28-8-5-14(6-9-28)20(31)29-7-3-4-15(29)18(30)25-10-21(22,23)24/h11,14-15H,3-10H2,1-2H3,(H,25,30). The van der Waals surface area contributed by atoms with Crippen molar-refractivity contribution in [3.63, 3.8) is 0 Å². The van der Waals surface area contributed by atoms with Crippen LogP contribution in [-0.4, -0.2) is 65.1 Å². The predicted octanol–water partition coefficient (Wildman–Crippen LogP) is 3.19. The summed E-state index contributed by atoms with van der Waals surface area (Å²) in [4.78, 5) is 40.1. The van der Waals surface area contributed by atoms with Gasteiger partial charge in [0.25, 0.3) is 0 Å². The average Bonchev–Trinajstić information content (AvgIpc) is 3.36. The number of nitrogens with zero attached hydrogens (tertiary/aromatic N) is 4. The first kappa shape index (κ1) is 22.8. The number of aromatic nitrogens is 2. The van der Waals surface area contributed by atoms with Gasteiger partial charge in [-0.05, 0) is 45.1 Å². The maximum absolute atomic E-state index is 13.1. The molecule has 4 heterocycles. The van der Waals surface area contributed by atoms with Gasteiger partial charge in [-0.1, -0.05) is 0 Å². The molecular formula is C21H26F3N5O2S. The minimum atomic E-state index is -4.47. The lowest BCUT2D eigenvalue weighted by molar-refractivity contribution is -0.146. The second-order valence-electron chi connectivity index (χ2n) is 8.44. The van der Waals surface area contributed by atoms with Crippen molar-refractivity contribution in [3.8, 4) is 0 Å². The van der Waals surface area contributed by atoms with Crippen LogP contribution in [0.2, 0.25) is 0 Å². The fourth-order valence-electron chi connectivity index (χ4n) is 4.58. The molecule has 0 bridgehead atoms. The Labute approximate surface area is 188 Å². The van der Waals surface area contributed by atoms with Crippen molar-refractivity contribution in [1.29, 1.82) is 0 Å². The molecule has 2 saturated heterocycles. The van der Waals surface area contributed by atoms with Crippen molar-refractivity contribution in [1.82, 2.24) is 20.2 Å². The molecule has 2 aromatic heterocycles. The van der Waals surface area contributed by atoms with Crippen LogP contribution in [0.1, 0.15) is 36.1 Å². The Morgan fingerprint density at radius 1 is 1.16 bits per heavy atom. The molecule has 174 valence electrons. The number of likely N-dealkylation sites (tertiary alicyclic amines) is 1. The molecule has 0 saturated carbocycles. The molecule has 0 aliphatic carbocycles.